The molecule has 2 heterocycles. The predicted octanol–water partition coefficient (Wildman–Crippen LogP) is 5.66. The lowest BCUT2D eigenvalue weighted by atomic mass is 10.1. The Morgan fingerprint density at radius 1 is 0.853 bits per heavy atom. The fourth-order valence-corrected chi connectivity index (χ4v) is 3.35. The van der Waals surface area contributed by atoms with Crippen molar-refractivity contribution < 1.29 is 31.1 Å². The first-order chi connectivity index (χ1) is 15.9. The second-order valence-electron chi connectivity index (χ2n) is 7.25. The smallest absolute Gasteiger partial charge is 0.322 e. The van der Waals surface area contributed by atoms with Crippen molar-refractivity contribution in [3.63, 3.8) is 0 Å². The normalized spacial score (nSPS) is 12.1. The van der Waals surface area contributed by atoms with Crippen molar-refractivity contribution in [3.05, 3.63) is 89.5 Å². The fourth-order valence-electron chi connectivity index (χ4n) is 3.35. The van der Waals surface area contributed by atoms with Gasteiger partial charge in [-0.25, -0.2) is 9.36 Å². The van der Waals surface area contributed by atoms with Crippen molar-refractivity contribution in [3.8, 4) is 11.4 Å². The Hall–Kier alpha value is -4.09. The Balaban J connectivity index is 1.70. The molecule has 0 saturated carbocycles. The number of hydrogen-bond donors (Lipinski definition) is 1. The number of nitrogens with one attached hydrogen (secondary N) is 1. The highest BCUT2D eigenvalue weighted by Crippen LogP contribution is 2.36. The second kappa shape index (κ2) is 8.36. The number of aromatic nitrogens is 4. The van der Waals surface area contributed by atoms with E-state index in [1.54, 1.807) is 36.0 Å². The average molecular weight is 479 g/mol. The van der Waals surface area contributed by atoms with Crippen LogP contribution in [-0.2, 0) is 12.4 Å². The zero-order chi connectivity index (χ0) is 24.7. The lowest BCUT2D eigenvalue weighted by molar-refractivity contribution is -0.143. The number of nitrogens with zero attached hydrogens (tertiary/aromatic N) is 4. The first-order valence-corrected chi connectivity index (χ1v) is 9.70. The van der Waals surface area contributed by atoms with Crippen molar-refractivity contribution in [1.29, 1.82) is 0 Å². The van der Waals surface area contributed by atoms with Crippen molar-refractivity contribution in [2.75, 3.05) is 5.32 Å². The summed E-state index contributed by atoms with van der Waals surface area (Å²) in [6.45, 7) is 1.80. The molecular weight excluding hydrogens is 464 g/mol. The summed E-state index contributed by atoms with van der Waals surface area (Å²) >= 11 is 0. The lowest BCUT2D eigenvalue weighted by Crippen LogP contribution is -2.21. The van der Waals surface area contributed by atoms with E-state index in [4.69, 9.17) is 0 Å². The summed E-state index contributed by atoms with van der Waals surface area (Å²) in [6, 6.07) is 11.3. The standard InChI is InChI=1S/C22H15F6N5O/c1-13-8-9-29-32(13)17-7-3-5-15(11-17)31-20(34)18-12-30-33(19(18)22(26,27)28)16-6-2-4-14(10-16)21(23,24)25/h2-12H,1H3,(H,31,34). The Labute approximate surface area is 188 Å². The van der Waals surface area contributed by atoms with Gasteiger partial charge in [-0.15, -0.1) is 0 Å². The monoisotopic (exact) mass is 479 g/mol. The molecule has 6 nitrogen and oxygen atoms in total. The molecule has 0 bridgehead atoms. The molecule has 2 aromatic heterocycles. The molecule has 0 saturated heterocycles. The van der Waals surface area contributed by atoms with Crippen molar-refractivity contribution in [2.24, 2.45) is 0 Å². The lowest BCUT2D eigenvalue weighted by Gasteiger charge is -2.14. The topological polar surface area (TPSA) is 64.7 Å². The largest absolute Gasteiger partial charge is 0.434 e. The summed E-state index contributed by atoms with van der Waals surface area (Å²) in [5, 5.41) is 10.1. The number of rotatable bonds is 4. The van der Waals surface area contributed by atoms with Gasteiger partial charge in [-0.2, -0.15) is 36.5 Å². The molecule has 0 spiro atoms. The van der Waals surface area contributed by atoms with E-state index < -0.39 is 40.8 Å². The number of aryl methyl sites for hydroxylation is 1. The molecule has 1 amide bonds. The maximum Gasteiger partial charge on any atom is 0.434 e. The Morgan fingerprint density at radius 3 is 2.15 bits per heavy atom. The molecule has 176 valence electrons. The molecule has 0 aliphatic rings. The van der Waals surface area contributed by atoms with Crippen molar-refractivity contribution in [1.82, 2.24) is 19.6 Å². The van der Waals surface area contributed by atoms with E-state index in [0.29, 0.717) is 18.0 Å². The molecule has 0 radical (unpaired) electrons. The zero-order valence-electron chi connectivity index (χ0n) is 17.3. The van der Waals surface area contributed by atoms with Gasteiger partial charge in [0, 0.05) is 17.6 Å². The van der Waals surface area contributed by atoms with Gasteiger partial charge in [0.05, 0.1) is 28.7 Å². The van der Waals surface area contributed by atoms with E-state index in [2.05, 4.69) is 15.5 Å². The number of carbonyl (C=O) groups excluding carboxylic acids is 1. The first-order valence-electron chi connectivity index (χ1n) is 9.70. The molecule has 0 atom stereocenters. The third kappa shape index (κ3) is 4.51. The van der Waals surface area contributed by atoms with Crippen molar-refractivity contribution >= 4 is 11.6 Å². The van der Waals surface area contributed by atoms with Gasteiger partial charge < -0.3 is 5.32 Å². The summed E-state index contributed by atoms with van der Waals surface area (Å²) in [4.78, 5) is 12.8. The van der Waals surface area contributed by atoms with Crippen LogP contribution < -0.4 is 5.32 Å². The van der Waals surface area contributed by atoms with E-state index in [1.807, 2.05) is 0 Å². The molecule has 0 fully saturated rings. The fraction of sp³-hybridized carbons (Fsp3) is 0.136. The highest BCUT2D eigenvalue weighted by molar-refractivity contribution is 6.05. The third-order valence-corrected chi connectivity index (χ3v) is 4.88. The average Bonchev–Trinajstić information content (AvgIpc) is 3.40. The number of anilines is 1. The minimum Gasteiger partial charge on any atom is -0.322 e. The van der Waals surface area contributed by atoms with E-state index in [9.17, 15) is 31.1 Å². The Bertz CT molecular complexity index is 1350. The number of halogens is 6. The van der Waals surface area contributed by atoms with Crippen LogP contribution >= 0.6 is 0 Å². The Kier molecular flexibility index (Phi) is 5.67. The van der Waals surface area contributed by atoms with Crippen LogP contribution in [0, 0.1) is 6.92 Å². The molecular formula is C22H15F6N5O. The molecule has 12 heteroatoms. The number of amides is 1. The van der Waals surface area contributed by atoms with Gasteiger partial charge >= 0.3 is 12.4 Å². The molecule has 2 aromatic carbocycles. The quantitative estimate of drug-likeness (QED) is 0.385. The van der Waals surface area contributed by atoms with Crippen LogP contribution in [0.1, 0.15) is 27.3 Å². The number of benzene rings is 2. The number of alkyl halides is 6. The highest BCUT2D eigenvalue weighted by Gasteiger charge is 2.41. The summed E-state index contributed by atoms with van der Waals surface area (Å²) in [5.41, 5.74) is -2.42. The highest BCUT2D eigenvalue weighted by atomic mass is 19.4. The number of hydrogen-bond acceptors (Lipinski definition) is 3. The van der Waals surface area contributed by atoms with Gasteiger partial charge in [0.2, 0.25) is 0 Å². The van der Waals surface area contributed by atoms with E-state index in [1.165, 1.54) is 12.1 Å². The predicted molar refractivity (Wildman–Crippen MR) is 110 cm³/mol. The number of carbonyl (C=O) groups is 1. The zero-order valence-corrected chi connectivity index (χ0v) is 17.3. The molecule has 0 unspecified atom stereocenters. The second-order valence-corrected chi connectivity index (χ2v) is 7.25. The Morgan fingerprint density at radius 2 is 1.53 bits per heavy atom. The minimum atomic E-state index is -5.08. The molecule has 34 heavy (non-hydrogen) atoms. The van der Waals surface area contributed by atoms with Crippen LogP contribution in [0.4, 0.5) is 32.0 Å². The summed E-state index contributed by atoms with van der Waals surface area (Å²) in [7, 11) is 0. The van der Waals surface area contributed by atoms with Gasteiger partial charge in [-0.1, -0.05) is 12.1 Å². The molecule has 0 aliphatic heterocycles. The summed E-state index contributed by atoms with van der Waals surface area (Å²) in [5.74, 6) is -1.13. The van der Waals surface area contributed by atoms with Crippen LogP contribution in [0.25, 0.3) is 11.4 Å². The van der Waals surface area contributed by atoms with Gasteiger partial charge in [0.25, 0.3) is 5.91 Å². The SMILES string of the molecule is Cc1ccnn1-c1cccc(NC(=O)c2cnn(-c3cccc(C(F)(F)F)c3)c2C(F)(F)F)c1. The van der Waals surface area contributed by atoms with Crippen LogP contribution in [0.15, 0.2) is 67.0 Å². The first kappa shape index (κ1) is 23.1. The van der Waals surface area contributed by atoms with Gasteiger partial charge in [0.1, 0.15) is 0 Å². The van der Waals surface area contributed by atoms with Crippen LogP contribution in [0.2, 0.25) is 0 Å². The maximum absolute atomic E-state index is 13.9. The molecule has 4 aromatic rings. The van der Waals surface area contributed by atoms with Crippen LogP contribution in [-0.4, -0.2) is 25.5 Å². The summed E-state index contributed by atoms with van der Waals surface area (Å²) < 4.78 is 82.6. The van der Waals surface area contributed by atoms with E-state index in [0.717, 1.165) is 23.9 Å². The van der Waals surface area contributed by atoms with Gasteiger partial charge in [0.15, 0.2) is 5.69 Å². The summed E-state index contributed by atoms with van der Waals surface area (Å²) in [6.07, 6.45) is -7.61. The van der Waals surface area contributed by atoms with Crippen LogP contribution in [0.5, 0.6) is 0 Å². The van der Waals surface area contributed by atoms with Gasteiger partial charge in [-0.3, -0.25) is 4.79 Å². The maximum atomic E-state index is 13.9. The van der Waals surface area contributed by atoms with Crippen LogP contribution in [0.3, 0.4) is 0 Å². The minimum absolute atomic E-state index is 0.192. The van der Waals surface area contributed by atoms with Crippen molar-refractivity contribution in [2.45, 2.75) is 19.3 Å². The third-order valence-electron chi connectivity index (χ3n) is 4.88. The molecule has 1 N–H and O–H groups in total. The molecule has 4 rings (SSSR count). The van der Waals surface area contributed by atoms with E-state index in [-0.39, 0.29) is 10.4 Å². The van der Waals surface area contributed by atoms with E-state index >= 15 is 0 Å². The molecule has 0 aliphatic carbocycles. The van der Waals surface area contributed by atoms with Gasteiger partial charge in [-0.05, 0) is 49.4 Å².